The number of ether oxygens (including phenoxy) is 1. The summed E-state index contributed by atoms with van der Waals surface area (Å²) in [6.45, 7) is 3.03. The number of nitrogens with two attached hydrogens (primary N) is 1. The SMILES string of the molecule is CCOc1ccccc1CN(C)C(=O)C(N)Cc1ccccc1.Cl. The highest BCUT2D eigenvalue weighted by Gasteiger charge is 2.19. The van der Waals surface area contributed by atoms with Crippen molar-refractivity contribution in [3.63, 3.8) is 0 Å². The van der Waals surface area contributed by atoms with Crippen molar-refractivity contribution in [1.29, 1.82) is 0 Å². The summed E-state index contributed by atoms with van der Waals surface area (Å²) in [5.41, 5.74) is 8.13. The van der Waals surface area contributed by atoms with Crippen LogP contribution in [0.4, 0.5) is 0 Å². The van der Waals surface area contributed by atoms with Crippen molar-refractivity contribution >= 4 is 18.3 Å². The Morgan fingerprint density at radius 3 is 2.42 bits per heavy atom. The smallest absolute Gasteiger partial charge is 0.239 e. The maximum absolute atomic E-state index is 12.5. The molecule has 4 nitrogen and oxygen atoms in total. The van der Waals surface area contributed by atoms with Crippen molar-refractivity contribution in [2.24, 2.45) is 5.73 Å². The maximum atomic E-state index is 12.5. The third-order valence-electron chi connectivity index (χ3n) is 3.67. The minimum absolute atomic E-state index is 0. The van der Waals surface area contributed by atoms with Crippen LogP contribution in [0.2, 0.25) is 0 Å². The second kappa shape index (κ2) is 9.96. The number of benzene rings is 2. The Bertz CT molecular complexity index is 634. The standard InChI is InChI=1S/C19H24N2O2.ClH/c1-3-23-18-12-8-7-11-16(18)14-21(2)19(22)17(20)13-15-9-5-4-6-10-15;/h4-12,17H,3,13-14,20H2,1-2H3;1H. The first-order valence-corrected chi connectivity index (χ1v) is 7.87. The van der Waals surface area contributed by atoms with Gasteiger partial charge in [0.15, 0.2) is 0 Å². The summed E-state index contributed by atoms with van der Waals surface area (Å²) < 4.78 is 5.60. The number of halogens is 1. The number of rotatable bonds is 7. The van der Waals surface area contributed by atoms with Crippen LogP contribution in [-0.2, 0) is 17.8 Å². The molecule has 0 bridgehead atoms. The van der Waals surface area contributed by atoms with Crippen LogP contribution < -0.4 is 10.5 Å². The minimum atomic E-state index is -0.540. The number of carbonyl (C=O) groups is 1. The normalized spacial score (nSPS) is 11.3. The van der Waals surface area contributed by atoms with Crippen molar-refractivity contribution in [2.75, 3.05) is 13.7 Å². The fourth-order valence-electron chi connectivity index (χ4n) is 2.50. The van der Waals surface area contributed by atoms with E-state index < -0.39 is 6.04 Å². The predicted octanol–water partition coefficient (Wildman–Crippen LogP) is 3.04. The van der Waals surface area contributed by atoms with Crippen molar-refractivity contribution in [2.45, 2.75) is 25.9 Å². The van der Waals surface area contributed by atoms with Gasteiger partial charge in [0.2, 0.25) is 5.91 Å². The van der Waals surface area contributed by atoms with E-state index in [0.29, 0.717) is 19.6 Å². The lowest BCUT2D eigenvalue weighted by Gasteiger charge is -2.22. The number of carbonyl (C=O) groups excluding carboxylic acids is 1. The third kappa shape index (κ3) is 5.55. The zero-order valence-electron chi connectivity index (χ0n) is 14.1. The molecule has 0 radical (unpaired) electrons. The molecule has 2 rings (SSSR count). The molecule has 0 aliphatic rings. The molecule has 0 saturated carbocycles. The van der Waals surface area contributed by atoms with E-state index >= 15 is 0 Å². The summed E-state index contributed by atoms with van der Waals surface area (Å²) in [7, 11) is 1.77. The van der Waals surface area contributed by atoms with Gasteiger partial charge in [-0.1, -0.05) is 48.5 Å². The Labute approximate surface area is 150 Å². The molecule has 2 N–H and O–H groups in total. The van der Waals surface area contributed by atoms with Crippen LogP contribution in [0.15, 0.2) is 54.6 Å². The summed E-state index contributed by atoms with van der Waals surface area (Å²) in [6.07, 6.45) is 0.539. The number of hydrogen-bond acceptors (Lipinski definition) is 3. The maximum Gasteiger partial charge on any atom is 0.239 e. The number of para-hydroxylation sites is 1. The minimum Gasteiger partial charge on any atom is -0.494 e. The molecule has 2 aromatic carbocycles. The molecule has 0 saturated heterocycles. The Hall–Kier alpha value is -2.04. The molecule has 0 aromatic heterocycles. The first kappa shape index (κ1) is 20.0. The first-order valence-electron chi connectivity index (χ1n) is 7.87. The Kier molecular flexibility index (Phi) is 8.30. The van der Waals surface area contributed by atoms with Gasteiger partial charge in [-0.15, -0.1) is 12.4 Å². The fourth-order valence-corrected chi connectivity index (χ4v) is 2.50. The topological polar surface area (TPSA) is 55.6 Å². The molecule has 5 heteroatoms. The summed E-state index contributed by atoms with van der Waals surface area (Å²) in [5.74, 6) is 0.742. The third-order valence-corrected chi connectivity index (χ3v) is 3.67. The lowest BCUT2D eigenvalue weighted by Crippen LogP contribution is -2.42. The summed E-state index contributed by atoms with van der Waals surface area (Å²) in [5, 5.41) is 0. The zero-order chi connectivity index (χ0) is 16.7. The van der Waals surface area contributed by atoms with Crippen molar-refractivity contribution in [3.05, 3.63) is 65.7 Å². The van der Waals surface area contributed by atoms with Gasteiger partial charge >= 0.3 is 0 Å². The molecule has 130 valence electrons. The molecule has 1 amide bonds. The van der Waals surface area contributed by atoms with Gasteiger partial charge < -0.3 is 15.4 Å². The summed E-state index contributed by atoms with van der Waals surface area (Å²) in [4.78, 5) is 14.1. The van der Waals surface area contributed by atoms with Crippen LogP contribution >= 0.6 is 12.4 Å². The molecule has 1 atom stereocenters. The second-order valence-electron chi connectivity index (χ2n) is 5.53. The van der Waals surface area contributed by atoms with Gasteiger partial charge in [0.05, 0.1) is 12.6 Å². The number of hydrogen-bond donors (Lipinski definition) is 1. The van der Waals surface area contributed by atoms with Crippen LogP contribution in [0.5, 0.6) is 5.75 Å². The van der Waals surface area contributed by atoms with Crippen LogP contribution in [0.1, 0.15) is 18.1 Å². The average Bonchev–Trinajstić information content (AvgIpc) is 2.57. The van der Waals surface area contributed by atoms with Gasteiger partial charge in [0.1, 0.15) is 5.75 Å². The molecular weight excluding hydrogens is 324 g/mol. The van der Waals surface area contributed by atoms with E-state index in [2.05, 4.69) is 0 Å². The van der Waals surface area contributed by atoms with Crippen LogP contribution in [0.3, 0.4) is 0 Å². The molecule has 0 aliphatic heterocycles. The highest BCUT2D eigenvalue weighted by molar-refractivity contribution is 5.85. The largest absolute Gasteiger partial charge is 0.494 e. The number of likely N-dealkylation sites (N-methyl/N-ethyl adjacent to an activating group) is 1. The number of amides is 1. The predicted molar refractivity (Wildman–Crippen MR) is 99.5 cm³/mol. The molecule has 0 aliphatic carbocycles. The van der Waals surface area contributed by atoms with E-state index in [1.807, 2.05) is 61.5 Å². The van der Waals surface area contributed by atoms with Gasteiger partial charge in [0, 0.05) is 19.2 Å². The van der Waals surface area contributed by atoms with Crippen molar-refractivity contribution in [1.82, 2.24) is 4.90 Å². The molecule has 1 unspecified atom stereocenters. The molecule has 0 fully saturated rings. The van der Waals surface area contributed by atoms with Crippen LogP contribution in [-0.4, -0.2) is 30.5 Å². The lowest BCUT2D eigenvalue weighted by atomic mass is 10.1. The fraction of sp³-hybridized carbons (Fsp3) is 0.316. The van der Waals surface area contributed by atoms with E-state index in [9.17, 15) is 4.79 Å². The van der Waals surface area contributed by atoms with Gasteiger partial charge in [0.25, 0.3) is 0 Å². The Morgan fingerprint density at radius 2 is 1.75 bits per heavy atom. The van der Waals surface area contributed by atoms with E-state index in [1.165, 1.54) is 0 Å². The molecule has 24 heavy (non-hydrogen) atoms. The summed E-state index contributed by atoms with van der Waals surface area (Å²) >= 11 is 0. The van der Waals surface area contributed by atoms with E-state index in [-0.39, 0.29) is 18.3 Å². The first-order chi connectivity index (χ1) is 11.1. The monoisotopic (exact) mass is 348 g/mol. The second-order valence-corrected chi connectivity index (χ2v) is 5.53. The Balaban J connectivity index is 0.00000288. The average molecular weight is 349 g/mol. The molecule has 0 heterocycles. The molecule has 0 spiro atoms. The van der Waals surface area contributed by atoms with Gasteiger partial charge in [-0.05, 0) is 25.0 Å². The van der Waals surface area contributed by atoms with Crippen molar-refractivity contribution in [3.8, 4) is 5.75 Å². The molecular formula is C19H25ClN2O2. The highest BCUT2D eigenvalue weighted by Crippen LogP contribution is 2.19. The quantitative estimate of drug-likeness (QED) is 0.836. The number of nitrogens with zero attached hydrogens (tertiary/aromatic N) is 1. The summed E-state index contributed by atoms with van der Waals surface area (Å²) in [6, 6.07) is 17.0. The van der Waals surface area contributed by atoms with Gasteiger partial charge in [-0.3, -0.25) is 4.79 Å². The van der Waals surface area contributed by atoms with Gasteiger partial charge in [-0.25, -0.2) is 0 Å². The van der Waals surface area contributed by atoms with E-state index in [0.717, 1.165) is 16.9 Å². The van der Waals surface area contributed by atoms with E-state index in [4.69, 9.17) is 10.5 Å². The van der Waals surface area contributed by atoms with E-state index in [1.54, 1.807) is 11.9 Å². The van der Waals surface area contributed by atoms with Crippen molar-refractivity contribution < 1.29 is 9.53 Å². The molecule has 2 aromatic rings. The highest BCUT2D eigenvalue weighted by atomic mass is 35.5. The van der Waals surface area contributed by atoms with Crippen LogP contribution in [0, 0.1) is 0 Å². The van der Waals surface area contributed by atoms with Gasteiger partial charge in [-0.2, -0.15) is 0 Å². The Morgan fingerprint density at radius 1 is 1.12 bits per heavy atom. The zero-order valence-corrected chi connectivity index (χ0v) is 15.0. The lowest BCUT2D eigenvalue weighted by molar-refractivity contribution is -0.131. The van der Waals surface area contributed by atoms with Crippen LogP contribution in [0.25, 0.3) is 0 Å².